The monoisotopic (exact) mass is 253 g/mol. The van der Waals surface area contributed by atoms with Gasteiger partial charge in [-0.3, -0.25) is 4.79 Å². The summed E-state index contributed by atoms with van der Waals surface area (Å²) >= 11 is 0. The van der Waals surface area contributed by atoms with E-state index in [2.05, 4.69) is 20.7 Å². The van der Waals surface area contributed by atoms with E-state index in [0.717, 1.165) is 0 Å². The molecular weight excluding hydrogens is 238 g/mol. The minimum absolute atomic E-state index is 0.200. The van der Waals surface area contributed by atoms with Gasteiger partial charge in [0.15, 0.2) is 5.69 Å². The molecule has 8 nitrogen and oxygen atoms in total. The third-order valence-corrected chi connectivity index (χ3v) is 2.70. The van der Waals surface area contributed by atoms with Crippen LogP contribution in [0, 0.1) is 0 Å². The lowest BCUT2D eigenvalue weighted by atomic mass is 10.2. The van der Waals surface area contributed by atoms with E-state index in [4.69, 9.17) is 4.74 Å². The highest BCUT2D eigenvalue weighted by atomic mass is 16.5. The van der Waals surface area contributed by atoms with Crippen LogP contribution in [0.5, 0.6) is 0 Å². The predicted molar refractivity (Wildman–Crippen MR) is 60.7 cm³/mol. The number of nitrogens with one attached hydrogen (secondary N) is 2. The molecule has 1 unspecified atom stereocenters. The number of carbonyl (C=O) groups excluding carboxylic acids is 2. The van der Waals surface area contributed by atoms with Gasteiger partial charge in [-0.1, -0.05) is 0 Å². The van der Waals surface area contributed by atoms with Crippen LogP contribution >= 0.6 is 0 Å². The van der Waals surface area contributed by atoms with Gasteiger partial charge < -0.3 is 15.0 Å². The van der Waals surface area contributed by atoms with Crippen molar-refractivity contribution in [3.8, 4) is 0 Å². The van der Waals surface area contributed by atoms with Crippen molar-refractivity contribution in [2.75, 3.05) is 26.2 Å². The molecule has 1 amide bonds. The molecule has 0 aliphatic carbocycles. The average molecular weight is 253 g/mol. The number of nitrogens with zero attached hydrogens (tertiary/aromatic N) is 3. The first-order valence-electron chi connectivity index (χ1n) is 5.78. The average Bonchev–Trinajstić information content (AvgIpc) is 2.92. The maximum absolute atomic E-state index is 12.1. The quantitative estimate of drug-likeness (QED) is 0.655. The summed E-state index contributed by atoms with van der Waals surface area (Å²) in [5.41, 5.74) is 0.200. The molecule has 8 heteroatoms. The van der Waals surface area contributed by atoms with Crippen molar-refractivity contribution in [2.24, 2.45) is 0 Å². The Morgan fingerprint density at radius 1 is 1.61 bits per heavy atom. The molecule has 0 radical (unpaired) electrons. The van der Waals surface area contributed by atoms with Gasteiger partial charge in [0.1, 0.15) is 6.04 Å². The second kappa shape index (κ2) is 5.58. The minimum Gasteiger partial charge on any atom is -0.464 e. The van der Waals surface area contributed by atoms with Crippen LogP contribution in [-0.4, -0.2) is 64.5 Å². The van der Waals surface area contributed by atoms with E-state index in [1.165, 1.54) is 11.1 Å². The topological polar surface area (TPSA) is 100 Å². The zero-order chi connectivity index (χ0) is 13.0. The first-order valence-corrected chi connectivity index (χ1v) is 5.78. The van der Waals surface area contributed by atoms with E-state index in [0.29, 0.717) is 26.2 Å². The number of carbonyl (C=O) groups is 2. The summed E-state index contributed by atoms with van der Waals surface area (Å²) in [6, 6.07) is -0.608. The van der Waals surface area contributed by atoms with Crippen molar-refractivity contribution >= 4 is 11.9 Å². The summed E-state index contributed by atoms with van der Waals surface area (Å²) in [5.74, 6) is -0.718. The number of H-pyrrole nitrogens is 1. The zero-order valence-corrected chi connectivity index (χ0v) is 10.0. The molecule has 1 aromatic rings. The fraction of sp³-hybridized carbons (Fsp3) is 0.600. The van der Waals surface area contributed by atoms with Crippen LogP contribution in [0.15, 0.2) is 6.20 Å². The Hall–Kier alpha value is -1.96. The first-order chi connectivity index (χ1) is 8.74. The van der Waals surface area contributed by atoms with E-state index in [-0.39, 0.29) is 11.6 Å². The van der Waals surface area contributed by atoms with Gasteiger partial charge in [-0.2, -0.15) is 15.4 Å². The molecule has 1 saturated heterocycles. The van der Waals surface area contributed by atoms with Crippen molar-refractivity contribution in [1.82, 2.24) is 25.6 Å². The molecule has 2 rings (SSSR count). The van der Waals surface area contributed by atoms with E-state index >= 15 is 0 Å². The van der Waals surface area contributed by atoms with Gasteiger partial charge in [0.25, 0.3) is 5.91 Å². The number of hydrogen-bond acceptors (Lipinski definition) is 6. The normalized spacial score (nSPS) is 19.6. The van der Waals surface area contributed by atoms with Gasteiger partial charge in [0, 0.05) is 19.6 Å². The SMILES string of the molecule is CCOC(=O)C1CNCCN1C(=O)c1cn[nH]n1. The highest BCUT2D eigenvalue weighted by Gasteiger charge is 2.34. The number of aromatic nitrogens is 3. The number of ether oxygens (including phenoxy) is 1. The van der Waals surface area contributed by atoms with Crippen molar-refractivity contribution in [2.45, 2.75) is 13.0 Å². The van der Waals surface area contributed by atoms with Gasteiger partial charge in [-0.05, 0) is 6.92 Å². The number of amides is 1. The molecular formula is C10H15N5O3. The van der Waals surface area contributed by atoms with E-state index < -0.39 is 12.0 Å². The van der Waals surface area contributed by atoms with Crippen LogP contribution in [0.3, 0.4) is 0 Å². The van der Waals surface area contributed by atoms with E-state index in [1.807, 2.05) is 0 Å². The molecule has 98 valence electrons. The van der Waals surface area contributed by atoms with Crippen LogP contribution in [0.2, 0.25) is 0 Å². The number of hydrogen-bond donors (Lipinski definition) is 2. The number of esters is 1. The predicted octanol–water partition coefficient (Wildman–Crippen LogP) is -1.22. The maximum atomic E-state index is 12.1. The molecule has 0 bridgehead atoms. The highest BCUT2D eigenvalue weighted by Crippen LogP contribution is 2.09. The second-order valence-electron chi connectivity index (χ2n) is 3.83. The lowest BCUT2D eigenvalue weighted by molar-refractivity contribution is -0.149. The van der Waals surface area contributed by atoms with Crippen molar-refractivity contribution in [3.63, 3.8) is 0 Å². The van der Waals surface area contributed by atoms with Gasteiger partial charge in [-0.15, -0.1) is 0 Å². The smallest absolute Gasteiger partial charge is 0.330 e. The molecule has 1 aliphatic rings. The zero-order valence-electron chi connectivity index (χ0n) is 10.0. The van der Waals surface area contributed by atoms with E-state index in [1.54, 1.807) is 6.92 Å². The van der Waals surface area contributed by atoms with Crippen LogP contribution < -0.4 is 5.32 Å². The standard InChI is InChI=1S/C10H15N5O3/c1-2-18-10(17)8-6-11-3-4-15(8)9(16)7-5-12-14-13-7/h5,8,11H,2-4,6H2,1H3,(H,12,13,14). The summed E-state index contributed by atoms with van der Waals surface area (Å²) in [5, 5.41) is 12.8. The van der Waals surface area contributed by atoms with Gasteiger partial charge in [0.2, 0.25) is 0 Å². The largest absolute Gasteiger partial charge is 0.464 e. The minimum atomic E-state index is -0.608. The number of rotatable bonds is 3. The Balaban J connectivity index is 2.12. The lowest BCUT2D eigenvalue weighted by Crippen LogP contribution is -2.57. The second-order valence-corrected chi connectivity index (χ2v) is 3.83. The Kier molecular flexibility index (Phi) is 3.88. The Bertz CT molecular complexity index is 419. The third-order valence-electron chi connectivity index (χ3n) is 2.70. The third kappa shape index (κ3) is 2.48. The highest BCUT2D eigenvalue weighted by molar-refractivity contribution is 5.95. The summed E-state index contributed by atoms with van der Waals surface area (Å²) < 4.78 is 4.96. The number of piperazine rings is 1. The summed E-state index contributed by atoms with van der Waals surface area (Å²) in [6.45, 7) is 3.50. The Labute approximate surface area is 104 Å². The summed E-state index contributed by atoms with van der Waals surface area (Å²) in [7, 11) is 0. The van der Waals surface area contributed by atoms with Crippen molar-refractivity contribution in [3.05, 3.63) is 11.9 Å². The summed E-state index contributed by atoms with van der Waals surface area (Å²) in [6.07, 6.45) is 1.34. The molecule has 1 aromatic heterocycles. The van der Waals surface area contributed by atoms with Crippen LogP contribution in [0.25, 0.3) is 0 Å². The molecule has 2 heterocycles. The lowest BCUT2D eigenvalue weighted by Gasteiger charge is -2.33. The number of aromatic amines is 1. The molecule has 1 atom stereocenters. The first kappa shape index (κ1) is 12.5. The van der Waals surface area contributed by atoms with Gasteiger partial charge >= 0.3 is 5.97 Å². The Morgan fingerprint density at radius 3 is 3.11 bits per heavy atom. The molecule has 0 aromatic carbocycles. The molecule has 0 saturated carbocycles. The van der Waals surface area contributed by atoms with Gasteiger partial charge in [0.05, 0.1) is 12.8 Å². The molecule has 0 spiro atoms. The molecule has 1 fully saturated rings. The van der Waals surface area contributed by atoms with Crippen LogP contribution in [0.4, 0.5) is 0 Å². The van der Waals surface area contributed by atoms with Crippen LogP contribution in [0.1, 0.15) is 17.4 Å². The van der Waals surface area contributed by atoms with Crippen LogP contribution in [-0.2, 0) is 9.53 Å². The summed E-state index contributed by atoms with van der Waals surface area (Å²) in [4.78, 5) is 25.4. The van der Waals surface area contributed by atoms with Crippen molar-refractivity contribution in [1.29, 1.82) is 0 Å². The van der Waals surface area contributed by atoms with Gasteiger partial charge in [-0.25, -0.2) is 4.79 Å². The van der Waals surface area contributed by atoms with Crippen molar-refractivity contribution < 1.29 is 14.3 Å². The fourth-order valence-corrected chi connectivity index (χ4v) is 1.85. The fourth-order valence-electron chi connectivity index (χ4n) is 1.85. The molecule has 2 N–H and O–H groups in total. The van der Waals surface area contributed by atoms with E-state index in [9.17, 15) is 9.59 Å². The molecule has 18 heavy (non-hydrogen) atoms. The maximum Gasteiger partial charge on any atom is 0.330 e. The Morgan fingerprint density at radius 2 is 2.44 bits per heavy atom. The molecule has 1 aliphatic heterocycles.